The van der Waals surface area contributed by atoms with Gasteiger partial charge in [0.1, 0.15) is 0 Å². The van der Waals surface area contributed by atoms with Gasteiger partial charge in [-0.2, -0.15) is 4.98 Å². The minimum atomic E-state index is -0.694. The summed E-state index contributed by atoms with van der Waals surface area (Å²) in [7, 11) is 0. The molecule has 11 heteroatoms. The number of thioether (sulfide) groups is 1. The molecule has 33 heavy (non-hydrogen) atoms. The summed E-state index contributed by atoms with van der Waals surface area (Å²) in [5.41, 5.74) is 2.83. The van der Waals surface area contributed by atoms with Crippen molar-refractivity contribution in [2.75, 3.05) is 6.61 Å². The zero-order valence-electron chi connectivity index (χ0n) is 17.8. The van der Waals surface area contributed by atoms with E-state index in [9.17, 15) is 14.4 Å². The first-order valence-electron chi connectivity index (χ1n) is 9.87. The summed E-state index contributed by atoms with van der Waals surface area (Å²) in [5.74, 6) is -0.932. The van der Waals surface area contributed by atoms with E-state index in [2.05, 4.69) is 20.4 Å². The van der Waals surface area contributed by atoms with Crippen molar-refractivity contribution in [1.82, 2.24) is 24.9 Å². The van der Waals surface area contributed by atoms with Crippen molar-refractivity contribution in [3.8, 4) is 0 Å². The van der Waals surface area contributed by atoms with E-state index in [1.807, 2.05) is 26.0 Å². The van der Waals surface area contributed by atoms with Crippen molar-refractivity contribution in [3.63, 3.8) is 0 Å². The number of amides is 2. The molecular weight excluding hydrogens is 462 g/mol. The van der Waals surface area contributed by atoms with E-state index in [1.54, 1.807) is 40.2 Å². The molecule has 168 valence electrons. The van der Waals surface area contributed by atoms with E-state index in [4.69, 9.17) is 4.74 Å². The summed E-state index contributed by atoms with van der Waals surface area (Å²) >= 11 is 2.58. The molecule has 0 spiro atoms. The number of esters is 1. The fraction of sp³-hybridized carbons (Fsp3) is 0.182. The number of carbonyl (C=O) groups is 3. The molecule has 3 aromatic heterocycles. The molecule has 1 N–H and O–H groups in total. The van der Waals surface area contributed by atoms with Crippen LogP contribution in [0.15, 0.2) is 53.0 Å². The lowest BCUT2D eigenvalue weighted by Crippen LogP contribution is -2.33. The van der Waals surface area contributed by atoms with Crippen molar-refractivity contribution >= 4 is 46.7 Å². The van der Waals surface area contributed by atoms with Gasteiger partial charge in [-0.05, 0) is 43.0 Å². The van der Waals surface area contributed by atoms with E-state index < -0.39 is 24.4 Å². The molecule has 1 aromatic carbocycles. The standard InChI is InChI=1S/C22H19N5O4S2/c1-13-10-14(2)27-21(23-13)25-22(26-27)33-12-15-6-3-4-7-16(15)20(30)31-11-18(28)24-19(29)17-8-5-9-32-17/h3-10H,11-12H2,1-2H3,(H,24,28,29). The highest BCUT2D eigenvalue weighted by molar-refractivity contribution is 7.98. The zero-order chi connectivity index (χ0) is 23.4. The molecule has 0 bridgehead atoms. The van der Waals surface area contributed by atoms with E-state index in [0.29, 0.717) is 32.7 Å². The molecule has 0 saturated carbocycles. The molecule has 0 saturated heterocycles. The third-order valence-corrected chi connectivity index (χ3v) is 6.28. The number of hydrogen-bond donors (Lipinski definition) is 1. The zero-order valence-corrected chi connectivity index (χ0v) is 19.4. The molecular formula is C22H19N5O4S2. The van der Waals surface area contributed by atoms with Gasteiger partial charge in [-0.3, -0.25) is 14.9 Å². The van der Waals surface area contributed by atoms with Crippen LogP contribution in [0.3, 0.4) is 0 Å². The molecule has 0 fully saturated rings. The van der Waals surface area contributed by atoms with E-state index in [1.165, 1.54) is 23.1 Å². The van der Waals surface area contributed by atoms with Crippen LogP contribution in [-0.2, 0) is 15.3 Å². The van der Waals surface area contributed by atoms with E-state index in [0.717, 1.165) is 11.4 Å². The molecule has 9 nitrogen and oxygen atoms in total. The van der Waals surface area contributed by atoms with Crippen molar-refractivity contribution in [3.05, 3.63) is 75.2 Å². The van der Waals surface area contributed by atoms with Gasteiger partial charge in [-0.25, -0.2) is 14.3 Å². The largest absolute Gasteiger partial charge is 0.452 e. The molecule has 2 amide bonds. The Balaban J connectivity index is 1.37. The van der Waals surface area contributed by atoms with E-state index >= 15 is 0 Å². The number of benzene rings is 1. The Morgan fingerprint density at radius 3 is 2.73 bits per heavy atom. The van der Waals surface area contributed by atoms with Gasteiger partial charge in [0.25, 0.3) is 17.6 Å². The average Bonchev–Trinajstić information content (AvgIpc) is 3.46. The van der Waals surface area contributed by atoms with Crippen molar-refractivity contribution in [2.45, 2.75) is 24.8 Å². The van der Waals surface area contributed by atoms with Crippen molar-refractivity contribution < 1.29 is 19.1 Å². The van der Waals surface area contributed by atoms with Crippen LogP contribution in [-0.4, -0.2) is 44.0 Å². The van der Waals surface area contributed by atoms with Gasteiger partial charge < -0.3 is 4.74 Å². The number of hydrogen-bond acceptors (Lipinski definition) is 9. The summed E-state index contributed by atoms with van der Waals surface area (Å²) in [6.07, 6.45) is 0. The normalized spacial score (nSPS) is 10.8. The first-order valence-corrected chi connectivity index (χ1v) is 11.7. The minimum absolute atomic E-state index is 0.330. The molecule has 4 rings (SSSR count). The Bertz CT molecular complexity index is 1330. The monoisotopic (exact) mass is 481 g/mol. The molecule has 0 aliphatic rings. The summed E-state index contributed by atoms with van der Waals surface area (Å²) in [5, 5.41) is 8.92. The predicted octanol–water partition coefficient (Wildman–Crippen LogP) is 3.21. The fourth-order valence-corrected chi connectivity index (χ4v) is 4.48. The van der Waals surface area contributed by atoms with Gasteiger partial charge in [0.2, 0.25) is 5.16 Å². The topological polar surface area (TPSA) is 116 Å². The number of imide groups is 1. The summed E-state index contributed by atoms with van der Waals surface area (Å²) < 4.78 is 6.80. The van der Waals surface area contributed by atoms with Crippen LogP contribution in [0.25, 0.3) is 5.78 Å². The minimum Gasteiger partial charge on any atom is -0.452 e. The lowest BCUT2D eigenvalue weighted by atomic mass is 10.1. The van der Waals surface area contributed by atoms with Crippen LogP contribution >= 0.6 is 23.1 Å². The molecule has 0 aliphatic carbocycles. The van der Waals surface area contributed by atoms with Gasteiger partial charge >= 0.3 is 5.97 Å². The molecule has 3 heterocycles. The van der Waals surface area contributed by atoms with Crippen LogP contribution < -0.4 is 5.32 Å². The van der Waals surface area contributed by atoms with Gasteiger partial charge in [0.15, 0.2) is 6.61 Å². The van der Waals surface area contributed by atoms with Gasteiger partial charge in [-0.15, -0.1) is 16.4 Å². The Morgan fingerprint density at radius 1 is 1.12 bits per heavy atom. The Hall–Kier alpha value is -3.57. The number of aryl methyl sites for hydroxylation is 2. The van der Waals surface area contributed by atoms with Crippen LogP contribution in [0.2, 0.25) is 0 Å². The highest BCUT2D eigenvalue weighted by Crippen LogP contribution is 2.23. The smallest absolute Gasteiger partial charge is 0.338 e. The number of ether oxygens (including phenoxy) is 1. The molecule has 4 aromatic rings. The third kappa shape index (κ3) is 5.44. The SMILES string of the molecule is Cc1cc(C)n2nc(SCc3ccccc3C(=O)OCC(=O)NC(=O)c3cccs3)nc2n1. The number of nitrogens with one attached hydrogen (secondary N) is 1. The van der Waals surface area contributed by atoms with Crippen LogP contribution in [0.5, 0.6) is 0 Å². The van der Waals surface area contributed by atoms with E-state index in [-0.39, 0.29) is 0 Å². The first kappa shape index (κ1) is 22.6. The molecule has 0 atom stereocenters. The van der Waals surface area contributed by atoms with Gasteiger partial charge in [-0.1, -0.05) is 36.0 Å². The fourth-order valence-electron chi connectivity index (χ4n) is 3.04. The lowest BCUT2D eigenvalue weighted by molar-refractivity contribution is -0.123. The van der Waals surface area contributed by atoms with Crippen molar-refractivity contribution in [1.29, 1.82) is 0 Å². The van der Waals surface area contributed by atoms with Gasteiger partial charge in [0.05, 0.1) is 10.4 Å². The summed E-state index contributed by atoms with van der Waals surface area (Å²) in [6, 6.07) is 12.2. The number of nitrogens with zero attached hydrogens (tertiary/aromatic N) is 4. The number of thiophene rings is 1. The number of fused-ring (bicyclic) bond motifs is 1. The van der Waals surface area contributed by atoms with Crippen LogP contribution in [0.1, 0.15) is 37.0 Å². The number of carbonyl (C=O) groups excluding carboxylic acids is 3. The Labute approximate surface area is 197 Å². The highest BCUT2D eigenvalue weighted by atomic mass is 32.2. The maximum Gasteiger partial charge on any atom is 0.338 e. The molecule has 0 aliphatic heterocycles. The second-order valence-electron chi connectivity index (χ2n) is 7.02. The maximum atomic E-state index is 12.6. The number of rotatable bonds is 7. The van der Waals surface area contributed by atoms with Gasteiger partial charge in [0, 0.05) is 17.1 Å². The third-order valence-electron chi connectivity index (χ3n) is 4.53. The summed E-state index contributed by atoms with van der Waals surface area (Å²) in [6.45, 7) is 3.27. The predicted molar refractivity (Wildman–Crippen MR) is 123 cm³/mol. The maximum absolute atomic E-state index is 12.6. The quantitative estimate of drug-likeness (QED) is 0.316. The Morgan fingerprint density at radius 2 is 1.94 bits per heavy atom. The number of aromatic nitrogens is 4. The summed E-state index contributed by atoms with van der Waals surface area (Å²) in [4.78, 5) is 45.7. The molecule has 0 unspecified atom stereocenters. The molecule has 0 radical (unpaired) electrons. The van der Waals surface area contributed by atoms with Crippen LogP contribution in [0, 0.1) is 13.8 Å². The second-order valence-corrected chi connectivity index (χ2v) is 8.91. The van der Waals surface area contributed by atoms with Crippen molar-refractivity contribution in [2.24, 2.45) is 0 Å². The van der Waals surface area contributed by atoms with Crippen LogP contribution in [0.4, 0.5) is 0 Å². The average molecular weight is 482 g/mol. The second kappa shape index (κ2) is 9.92. The first-order chi connectivity index (χ1) is 15.9. The highest BCUT2D eigenvalue weighted by Gasteiger charge is 2.17. The Kier molecular flexibility index (Phi) is 6.80. The lowest BCUT2D eigenvalue weighted by Gasteiger charge is -2.09.